The summed E-state index contributed by atoms with van der Waals surface area (Å²) in [6.07, 6.45) is 1.87. The SMILES string of the molecule is C[C@@H](F)c1ccncn1. The molecular formula is C6H7FN2. The lowest BCUT2D eigenvalue weighted by atomic mass is 10.3. The van der Waals surface area contributed by atoms with Crippen molar-refractivity contribution in [2.75, 3.05) is 0 Å². The lowest BCUT2D eigenvalue weighted by Crippen LogP contribution is -1.89. The summed E-state index contributed by atoms with van der Waals surface area (Å²) in [5.74, 6) is 0. The van der Waals surface area contributed by atoms with Crippen molar-refractivity contribution >= 4 is 0 Å². The fourth-order valence-electron chi connectivity index (χ4n) is 0.536. The molecule has 1 aromatic rings. The smallest absolute Gasteiger partial charge is 0.139 e. The predicted molar refractivity (Wildman–Crippen MR) is 31.6 cm³/mol. The van der Waals surface area contributed by atoms with Gasteiger partial charge in [0.25, 0.3) is 0 Å². The van der Waals surface area contributed by atoms with E-state index in [0.717, 1.165) is 0 Å². The first-order chi connectivity index (χ1) is 4.30. The van der Waals surface area contributed by atoms with Crippen LogP contribution in [-0.4, -0.2) is 9.97 Å². The monoisotopic (exact) mass is 126 g/mol. The van der Waals surface area contributed by atoms with Crippen molar-refractivity contribution in [1.82, 2.24) is 9.97 Å². The third-order valence-electron chi connectivity index (χ3n) is 1.01. The molecule has 2 nitrogen and oxygen atoms in total. The molecule has 0 N–H and O–H groups in total. The Morgan fingerprint density at radius 3 is 2.78 bits per heavy atom. The fourth-order valence-corrected chi connectivity index (χ4v) is 0.536. The average Bonchev–Trinajstić information content (AvgIpc) is 1.90. The quantitative estimate of drug-likeness (QED) is 0.570. The number of nitrogens with zero attached hydrogens (tertiary/aromatic N) is 2. The molecule has 9 heavy (non-hydrogen) atoms. The molecule has 0 aromatic carbocycles. The third kappa shape index (κ3) is 1.45. The maximum absolute atomic E-state index is 12.3. The summed E-state index contributed by atoms with van der Waals surface area (Å²) < 4.78 is 12.3. The van der Waals surface area contributed by atoms with Gasteiger partial charge in [-0.25, -0.2) is 14.4 Å². The summed E-state index contributed by atoms with van der Waals surface area (Å²) in [6, 6.07) is 1.56. The molecule has 0 aliphatic rings. The van der Waals surface area contributed by atoms with Crippen LogP contribution < -0.4 is 0 Å². The Hall–Kier alpha value is -0.990. The second kappa shape index (κ2) is 2.53. The second-order valence-corrected chi connectivity index (χ2v) is 1.75. The van der Waals surface area contributed by atoms with E-state index in [-0.39, 0.29) is 0 Å². The molecule has 1 atom stereocenters. The highest BCUT2D eigenvalue weighted by atomic mass is 19.1. The van der Waals surface area contributed by atoms with Crippen molar-refractivity contribution < 1.29 is 4.39 Å². The number of hydrogen-bond donors (Lipinski definition) is 0. The van der Waals surface area contributed by atoms with Crippen molar-refractivity contribution in [2.24, 2.45) is 0 Å². The highest BCUT2D eigenvalue weighted by molar-refractivity contribution is 5.00. The summed E-state index contributed by atoms with van der Waals surface area (Å²) in [4.78, 5) is 7.34. The molecule has 0 amide bonds. The maximum Gasteiger partial charge on any atom is 0.139 e. The van der Waals surface area contributed by atoms with E-state index in [1.807, 2.05) is 0 Å². The molecule has 0 saturated carbocycles. The summed E-state index contributed by atoms with van der Waals surface area (Å²) in [7, 11) is 0. The summed E-state index contributed by atoms with van der Waals surface area (Å²) in [5, 5.41) is 0. The van der Waals surface area contributed by atoms with Crippen molar-refractivity contribution in [3.63, 3.8) is 0 Å². The van der Waals surface area contributed by atoms with Gasteiger partial charge in [0.15, 0.2) is 0 Å². The van der Waals surface area contributed by atoms with Crippen LogP contribution in [0.5, 0.6) is 0 Å². The largest absolute Gasteiger partial charge is 0.245 e. The van der Waals surface area contributed by atoms with E-state index < -0.39 is 6.17 Å². The molecular weight excluding hydrogens is 119 g/mol. The molecule has 1 rings (SSSR count). The molecule has 0 unspecified atom stereocenters. The lowest BCUT2D eigenvalue weighted by Gasteiger charge is -1.96. The molecule has 1 aromatic heterocycles. The molecule has 0 aliphatic carbocycles. The number of alkyl halides is 1. The van der Waals surface area contributed by atoms with Gasteiger partial charge in [-0.3, -0.25) is 0 Å². The Bertz CT molecular complexity index is 174. The van der Waals surface area contributed by atoms with E-state index in [0.29, 0.717) is 5.69 Å². The first kappa shape index (κ1) is 6.13. The van der Waals surface area contributed by atoms with E-state index in [4.69, 9.17) is 0 Å². The normalized spacial score (nSPS) is 13.1. The van der Waals surface area contributed by atoms with Gasteiger partial charge in [0.2, 0.25) is 0 Å². The third-order valence-corrected chi connectivity index (χ3v) is 1.01. The van der Waals surface area contributed by atoms with Crippen LogP contribution >= 0.6 is 0 Å². The second-order valence-electron chi connectivity index (χ2n) is 1.75. The van der Waals surface area contributed by atoms with Crippen molar-refractivity contribution in [3.8, 4) is 0 Å². The predicted octanol–water partition coefficient (Wildman–Crippen LogP) is 1.51. The highest BCUT2D eigenvalue weighted by Crippen LogP contribution is 2.10. The number of rotatable bonds is 1. The van der Waals surface area contributed by atoms with E-state index in [9.17, 15) is 4.39 Å². The molecule has 0 aliphatic heterocycles. The molecule has 1 heterocycles. The Balaban J connectivity index is 2.85. The molecule has 0 fully saturated rings. The zero-order valence-electron chi connectivity index (χ0n) is 5.08. The van der Waals surface area contributed by atoms with Gasteiger partial charge in [-0.15, -0.1) is 0 Å². The summed E-state index contributed by atoms with van der Waals surface area (Å²) in [6.45, 7) is 1.45. The molecule has 48 valence electrons. The minimum atomic E-state index is -0.993. The molecule has 3 heteroatoms. The zero-order valence-corrected chi connectivity index (χ0v) is 5.08. The molecule has 0 spiro atoms. The van der Waals surface area contributed by atoms with E-state index in [2.05, 4.69) is 9.97 Å². The Kier molecular flexibility index (Phi) is 1.72. The molecule has 0 bridgehead atoms. The van der Waals surface area contributed by atoms with E-state index in [1.54, 1.807) is 6.07 Å². The topological polar surface area (TPSA) is 25.8 Å². The van der Waals surface area contributed by atoms with Gasteiger partial charge in [-0.2, -0.15) is 0 Å². The standard InChI is InChI=1S/C6H7FN2/c1-5(7)6-2-3-8-4-9-6/h2-5H,1H3/t5-/m1/s1. The van der Waals surface area contributed by atoms with E-state index in [1.165, 1.54) is 19.4 Å². The first-order valence-corrected chi connectivity index (χ1v) is 2.70. The number of halogens is 1. The van der Waals surface area contributed by atoms with Crippen molar-refractivity contribution in [3.05, 3.63) is 24.3 Å². The Labute approximate surface area is 52.8 Å². The van der Waals surface area contributed by atoms with Crippen LogP contribution in [0.4, 0.5) is 4.39 Å². The zero-order chi connectivity index (χ0) is 6.69. The first-order valence-electron chi connectivity index (χ1n) is 2.70. The van der Waals surface area contributed by atoms with Crippen LogP contribution in [0, 0.1) is 0 Å². The summed E-state index contributed by atoms with van der Waals surface area (Å²) >= 11 is 0. The average molecular weight is 126 g/mol. The van der Waals surface area contributed by atoms with Crippen LogP contribution in [-0.2, 0) is 0 Å². The van der Waals surface area contributed by atoms with Gasteiger partial charge < -0.3 is 0 Å². The van der Waals surface area contributed by atoms with Gasteiger partial charge in [0.1, 0.15) is 12.5 Å². The van der Waals surface area contributed by atoms with Crippen molar-refractivity contribution in [2.45, 2.75) is 13.1 Å². The van der Waals surface area contributed by atoms with Crippen LogP contribution in [0.2, 0.25) is 0 Å². The maximum atomic E-state index is 12.3. The minimum Gasteiger partial charge on any atom is -0.245 e. The Morgan fingerprint density at radius 2 is 2.44 bits per heavy atom. The van der Waals surface area contributed by atoms with Gasteiger partial charge >= 0.3 is 0 Å². The number of aromatic nitrogens is 2. The van der Waals surface area contributed by atoms with Gasteiger partial charge in [0, 0.05) is 6.20 Å². The van der Waals surface area contributed by atoms with Crippen LogP contribution in [0.3, 0.4) is 0 Å². The van der Waals surface area contributed by atoms with Gasteiger partial charge in [-0.1, -0.05) is 0 Å². The van der Waals surface area contributed by atoms with Crippen molar-refractivity contribution in [1.29, 1.82) is 0 Å². The fraction of sp³-hybridized carbons (Fsp3) is 0.333. The molecule has 0 radical (unpaired) electrons. The van der Waals surface area contributed by atoms with Crippen LogP contribution in [0.1, 0.15) is 18.8 Å². The van der Waals surface area contributed by atoms with Crippen LogP contribution in [0.25, 0.3) is 0 Å². The minimum absolute atomic E-state index is 0.435. The van der Waals surface area contributed by atoms with Gasteiger partial charge in [0.05, 0.1) is 5.69 Å². The lowest BCUT2D eigenvalue weighted by molar-refractivity contribution is 0.365. The van der Waals surface area contributed by atoms with E-state index >= 15 is 0 Å². The Morgan fingerprint density at radius 1 is 1.67 bits per heavy atom. The summed E-state index contributed by atoms with van der Waals surface area (Å²) in [5.41, 5.74) is 0.435. The van der Waals surface area contributed by atoms with Gasteiger partial charge in [-0.05, 0) is 13.0 Å². The highest BCUT2D eigenvalue weighted by Gasteiger charge is 2.00. The number of hydrogen-bond acceptors (Lipinski definition) is 2. The molecule has 0 saturated heterocycles. The van der Waals surface area contributed by atoms with Crippen LogP contribution in [0.15, 0.2) is 18.6 Å².